The molecule has 0 bridgehead atoms. The van der Waals surface area contributed by atoms with Gasteiger partial charge in [-0.1, -0.05) is 30.0 Å². The van der Waals surface area contributed by atoms with E-state index in [1.807, 2.05) is 55.5 Å². The van der Waals surface area contributed by atoms with Crippen LogP contribution in [0.15, 0.2) is 70.7 Å². The van der Waals surface area contributed by atoms with E-state index in [4.69, 9.17) is 10.5 Å². The lowest BCUT2D eigenvalue weighted by Crippen LogP contribution is -1.97. The summed E-state index contributed by atoms with van der Waals surface area (Å²) < 4.78 is 5.85. The first-order chi connectivity index (χ1) is 10.7. The van der Waals surface area contributed by atoms with Crippen LogP contribution in [0.4, 0.5) is 5.82 Å². The van der Waals surface area contributed by atoms with Crippen molar-refractivity contribution >= 4 is 17.6 Å². The van der Waals surface area contributed by atoms with E-state index in [0.717, 1.165) is 15.5 Å². The van der Waals surface area contributed by atoms with Crippen molar-refractivity contribution in [3.63, 3.8) is 0 Å². The van der Waals surface area contributed by atoms with E-state index in [1.165, 1.54) is 0 Å². The van der Waals surface area contributed by atoms with Crippen molar-refractivity contribution in [1.29, 1.82) is 0 Å². The van der Waals surface area contributed by atoms with E-state index in [1.54, 1.807) is 24.2 Å². The Kier molecular flexibility index (Phi) is 4.25. The van der Waals surface area contributed by atoms with E-state index >= 15 is 0 Å². The van der Waals surface area contributed by atoms with Gasteiger partial charge in [0.2, 0.25) is 0 Å². The molecule has 0 radical (unpaired) electrons. The molecule has 0 aliphatic carbocycles. The fourth-order valence-electron chi connectivity index (χ4n) is 1.90. The van der Waals surface area contributed by atoms with Crippen LogP contribution in [-0.4, -0.2) is 9.97 Å². The average molecular weight is 309 g/mol. The van der Waals surface area contributed by atoms with Crippen LogP contribution >= 0.6 is 11.8 Å². The number of rotatable bonds is 4. The second-order valence-electron chi connectivity index (χ2n) is 4.66. The summed E-state index contributed by atoms with van der Waals surface area (Å²) in [6.07, 6.45) is 3.47. The molecule has 4 nitrogen and oxygen atoms in total. The summed E-state index contributed by atoms with van der Waals surface area (Å²) in [4.78, 5) is 10.5. The molecule has 2 heterocycles. The van der Waals surface area contributed by atoms with E-state index < -0.39 is 0 Å². The topological polar surface area (TPSA) is 61.0 Å². The summed E-state index contributed by atoms with van der Waals surface area (Å²) in [6, 6.07) is 15.7. The summed E-state index contributed by atoms with van der Waals surface area (Å²) in [7, 11) is 0. The molecule has 2 aromatic heterocycles. The molecule has 22 heavy (non-hydrogen) atoms. The number of hydrogen-bond donors (Lipinski definition) is 1. The summed E-state index contributed by atoms with van der Waals surface area (Å²) in [5.41, 5.74) is 6.72. The predicted molar refractivity (Wildman–Crippen MR) is 88.3 cm³/mol. The van der Waals surface area contributed by atoms with Gasteiger partial charge in [-0.2, -0.15) is 0 Å². The van der Waals surface area contributed by atoms with Crippen LogP contribution < -0.4 is 10.5 Å². The predicted octanol–water partition coefficient (Wildman–Crippen LogP) is 4.31. The van der Waals surface area contributed by atoms with Crippen LogP contribution in [0, 0.1) is 6.92 Å². The van der Waals surface area contributed by atoms with E-state index in [-0.39, 0.29) is 0 Å². The number of nitrogens with two attached hydrogens (primary N) is 1. The van der Waals surface area contributed by atoms with E-state index in [9.17, 15) is 0 Å². The molecule has 0 atom stereocenters. The zero-order valence-electron chi connectivity index (χ0n) is 12.1. The van der Waals surface area contributed by atoms with Gasteiger partial charge in [0.25, 0.3) is 0 Å². The van der Waals surface area contributed by atoms with Crippen molar-refractivity contribution in [2.75, 3.05) is 5.73 Å². The molecule has 3 aromatic rings. The maximum atomic E-state index is 5.91. The van der Waals surface area contributed by atoms with Crippen LogP contribution in [0.5, 0.6) is 11.5 Å². The monoisotopic (exact) mass is 309 g/mol. The van der Waals surface area contributed by atoms with Gasteiger partial charge in [-0.15, -0.1) is 0 Å². The molecule has 5 heteroatoms. The van der Waals surface area contributed by atoms with Gasteiger partial charge in [0.05, 0.1) is 5.69 Å². The summed E-state index contributed by atoms with van der Waals surface area (Å²) in [6.45, 7) is 1.89. The molecule has 0 saturated carbocycles. The largest absolute Gasteiger partial charge is 0.452 e. The second-order valence-corrected chi connectivity index (χ2v) is 5.81. The Bertz CT molecular complexity index is 778. The first-order valence-corrected chi connectivity index (χ1v) is 7.62. The molecule has 0 spiro atoms. The Morgan fingerprint density at radius 1 is 0.955 bits per heavy atom. The lowest BCUT2D eigenvalue weighted by atomic mass is 10.3. The molecule has 0 aliphatic rings. The number of nitrogen functional groups attached to an aromatic ring is 1. The summed E-state index contributed by atoms with van der Waals surface area (Å²) in [5.74, 6) is 1.58. The molecule has 1 aromatic carbocycles. The second kappa shape index (κ2) is 6.49. The minimum absolute atomic E-state index is 0.362. The van der Waals surface area contributed by atoms with Gasteiger partial charge in [0.15, 0.2) is 11.6 Å². The minimum Gasteiger partial charge on any atom is -0.452 e. The van der Waals surface area contributed by atoms with Gasteiger partial charge < -0.3 is 10.5 Å². The Morgan fingerprint density at radius 3 is 2.55 bits per heavy atom. The number of anilines is 1. The molecule has 2 N–H and O–H groups in total. The molecule has 3 rings (SSSR count). The van der Waals surface area contributed by atoms with Gasteiger partial charge in [-0.3, -0.25) is 4.98 Å². The van der Waals surface area contributed by atoms with Gasteiger partial charge >= 0.3 is 0 Å². The molecule has 0 aliphatic heterocycles. The SMILES string of the molecule is Cc1ncccc1Oc1cc(Sc2ccccc2)cnc1N. The zero-order chi connectivity index (χ0) is 15.4. The maximum absolute atomic E-state index is 5.91. The maximum Gasteiger partial charge on any atom is 0.170 e. The Hall–Kier alpha value is -2.53. The van der Waals surface area contributed by atoms with E-state index in [0.29, 0.717) is 17.3 Å². The molecule has 0 amide bonds. The first kappa shape index (κ1) is 14.4. The van der Waals surface area contributed by atoms with Gasteiger partial charge in [-0.25, -0.2) is 4.98 Å². The smallest absolute Gasteiger partial charge is 0.170 e. The standard InChI is InChI=1S/C17H15N3OS/c1-12-15(8-5-9-19-12)21-16-10-14(11-20-17(16)18)22-13-6-3-2-4-7-13/h2-11H,1H3,(H2,18,20). The van der Waals surface area contributed by atoms with Crippen molar-refractivity contribution in [3.8, 4) is 11.5 Å². The number of aryl methyl sites for hydroxylation is 1. The van der Waals surface area contributed by atoms with Gasteiger partial charge in [0.1, 0.15) is 5.75 Å². The minimum atomic E-state index is 0.362. The molecular formula is C17H15N3OS. The van der Waals surface area contributed by atoms with Gasteiger partial charge in [-0.05, 0) is 31.2 Å². The highest BCUT2D eigenvalue weighted by atomic mass is 32.2. The number of aromatic nitrogens is 2. The van der Waals surface area contributed by atoms with Crippen LogP contribution in [0.25, 0.3) is 0 Å². The number of pyridine rings is 2. The number of benzene rings is 1. The third-order valence-corrected chi connectivity index (χ3v) is 3.98. The Morgan fingerprint density at radius 2 is 1.77 bits per heavy atom. The molecule has 0 saturated heterocycles. The van der Waals surface area contributed by atoms with E-state index in [2.05, 4.69) is 9.97 Å². The third kappa shape index (κ3) is 3.38. The number of nitrogens with zero attached hydrogens (tertiary/aromatic N) is 2. The fourth-order valence-corrected chi connectivity index (χ4v) is 2.73. The number of hydrogen-bond acceptors (Lipinski definition) is 5. The highest BCUT2D eigenvalue weighted by molar-refractivity contribution is 7.99. The fraction of sp³-hybridized carbons (Fsp3) is 0.0588. The summed E-state index contributed by atoms with van der Waals surface area (Å²) in [5, 5.41) is 0. The summed E-state index contributed by atoms with van der Waals surface area (Å²) >= 11 is 1.61. The quantitative estimate of drug-likeness (QED) is 0.778. The highest BCUT2D eigenvalue weighted by Gasteiger charge is 2.08. The van der Waals surface area contributed by atoms with Crippen LogP contribution in [0.3, 0.4) is 0 Å². The number of ether oxygens (including phenoxy) is 1. The third-order valence-electron chi connectivity index (χ3n) is 3.01. The molecule has 110 valence electrons. The van der Waals surface area contributed by atoms with Crippen molar-refractivity contribution in [1.82, 2.24) is 9.97 Å². The normalized spacial score (nSPS) is 10.4. The lowest BCUT2D eigenvalue weighted by Gasteiger charge is -2.10. The average Bonchev–Trinajstić information content (AvgIpc) is 2.54. The van der Waals surface area contributed by atoms with Crippen molar-refractivity contribution in [3.05, 3.63) is 66.6 Å². The van der Waals surface area contributed by atoms with Gasteiger partial charge in [0, 0.05) is 28.3 Å². The Labute approximate surface area is 133 Å². The van der Waals surface area contributed by atoms with Crippen molar-refractivity contribution in [2.24, 2.45) is 0 Å². The highest BCUT2D eigenvalue weighted by Crippen LogP contribution is 2.34. The first-order valence-electron chi connectivity index (χ1n) is 6.80. The van der Waals surface area contributed by atoms with Crippen molar-refractivity contribution in [2.45, 2.75) is 16.7 Å². The molecular weight excluding hydrogens is 294 g/mol. The van der Waals surface area contributed by atoms with Crippen LogP contribution in [0.1, 0.15) is 5.69 Å². The lowest BCUT2D eigenvalue weighted by molar-refractivity contribution is 0.474. The zero-order valence-corrected chi connectivity index (χ0v) is 12.9. The molecule has 0 unspecified atom stereocenters. The van der Waals surface area contributed by atoms with Crippen LogP contribution in [0.2, 0.25) is 0 Å². The Balaban J connectivity index is 1.86. The molecule has 0 fully saturated rings. The van der Waals surface area contributed by atoms with Crippen molar-refractivity contribution < 1.29 is 4.74 Å². The van der Waals surface area contributed by atoms with Crippen LogP contribution in [-0.2, 0) is 0 Å².